The number of rotatable bonds is 5. The zero-order valence-corrected chi connectivity index (χ0v) is 13.9. The van der Waals surface area contributed by atoms with Crippen molar-refractivity contribution in [2.45, 2.75) is 45.7 Å². The number of hydrogen-bond donors (Lipinski definition) is 1. The van der Waals surface area contributed by atoms with Crippen LogP contribution in [-0.2, 0) is 4.79 Å². The summed E-state index contributed by atoms with van der Waals surface area (Å²) in [5.74, 6) is -1.12. The van der Waals surface area contributed by atoms with Crippen LogP contribution in [0.2, 0.25) is 0 Å². The molecule has 112 valence electrons. The van der Waals surface area contributed by atoms with Gasteiger partial charge in [-0.05, 0) is 45.9 Å². The van der Waals surface area contributed by atoms with Crippen molar-refractivity contribution in [3.63, 3.8) is 0 Å². The van der Waals surface area contributed by atoms with Crippen molar-refractivity contribution in [3.8, 4) is 0 Å². The summed E-state index contributed by atoms with van der Waals surface area (Å²) in [7, 11) is 0. The van der Waals surface area contributed by atoms with E-state index in [4.69, 9.17) is 5.11 Å². The molecule has 0 aliphatic rings. The molecule has 0 spiro atoms. The van der Waals surface area contributed by atoms with Gasteiger partial charge in [0, 0.05) is 28.2 Å². The first-order valence-corrected chi connectivity index (χ1v) is 7.35. The van der Waals surface area contributed by atoms with E-state index in [9.17, 15) is 9.18 Å². The summed E-state index contributed by atoms with van der Waals surface area (Å²) in [6, 6.07) is 4.63. The van der Waals surface area contributed by atoms with E-state index < -0.39 is 5.97 Å². The number of benzene rings is 1. The zero-order valence-electron chi connectivity index (χ0n) is 12.3. The Morgan fingerprint density at radius 3 is 2.55 bits per heavy atom. The van der Waals surface area contributed by atoms with Gasteiger partial charge < -0.3 is 5.11 Å². The number of halogens is 2. The van der Waals surface area contributed by atoms with Crippen molar-refractivity contribution in [1.82, 2.24) is 4.90 Å². The minimum Gasteiger partial charge on any atom is -0.481 e. The van der Waals surface area contributed by atoms with Gasteiger partial charge in [0.05, 0.1) is 6.42 Å². The molecule has 1 N–H and O–H groups in total. The number of aliphatic carboxylic acids is 1. The highest BCUT2D eigenvalue weighted by atomic mass is 79.9. The lowest BCUT2D eigenvalue weighted by Gasteiger charge is -2.40. The molecular formula is C15H21BrFNO2. The summed E-state index contributed by atoms with van der Waals surface area (Å²) >= 11 is 3.35. The van der Waals surface area contributed by atoms with Crippen LogP contribution in [0, 0.1) is 5.82 Å². The van der Waals surface area contributed by atoms with E-state index >= 15 is 0 Å². The maximum absolute atomic E-state index is 14.0. The molecule has 20 heavy (non-hydrogen) atoms. The van der Waals surface area contributed by atoms with Crippen LogP contribution in [0.3, 0.4) is 0 Å². The molecule has 0 radical (unpaired) electrons. The fourth-order valence-electron chi connectivity index (χ4n) is 2.33. The average Bonchev–Trinajstić information content (AvgIpc) is 2.30. The van der Waals surface area contributed by atoms with E-state index in [1.807, 2.05) is 32.6 Å². The van der Waals surface area contributed by atoms with E-state index in [-0.39, 0.29) is 23.8 Å². The van der Waals surface area contributed by atoms with E-state index in [2.05, 4.69) is 15.9 Å². The first-order valence-electron chi connectivity index (χ1n) is 6.56. The Hall–Kier alpha value is -0.940. The average molecular weight is 346 g/mol. The molecule has 0 aromatic heterocycles. The lowest BCUT2D eigenvalue weighted by Crippen LogP contribution is -2.44. The largest absolute Gasteiger partial charge is 0.481 e. The molecule has 0 amide bonds. The summed E-state index contributed by atoms with van der Waals surface area (Å²) in [6.45, 7) is 8.29. The molecule has 1 aromatic rings. The zero-order chi connectivity index (χ0) is 15.5. The SMILES string of the molecule is CC(c1cc(Br)ccc1F)N(CCC(=O)O)C(C)(C)C. The van der Waals surface area contributed by atoms with E-state index in [0.717, 1.165) is 4.47 Å². The second-order valence-electron chi connectivity index (χ2n) is 5.85. The van der Waals surface area contributed by atoms with Crippen LogP contribution in [0.5, 0.6) is 0 Å². The molecule has 0 heterocycles. The van der Waals surface area contributed by atoms with Gasteiger partial charge >= 0.3 is 5.97 Å². The number of carboxylic acids is 1. The van der Waals surface area contributed by atoms with Crippen LogP contribution in [-0.4, -0.2) is 28.1 Å². The standard InChI is InChI=1S/C15H21BrFNO2/c1-10(12-9-11(16)5-6-13(12)17)18(15(2,3)4)8-7-14(19)20/h5-6,9-10H,7-8H2,1-4H3,(H,19,20). The fourth-order valence-corrected chi connectivity index (χ4v) is 2.71. The van der Waals surface area contributed by atoms with Gasteiger partial charge in [-0.1, -0.05) is 15.9 Å². The summed E-state index contributed by atoms with van der Waals surface area (Å²) < 4.78 is 14.8. The fraction of sp³-hybridized carbons (Fsp3) is 0.533. The highest BCUT2D eigenvalue weighted by molar-refractivity contribution is 9.10. The molecule has 1 rings (SSSR count). The molecule has 1 atom stereocenters. The molecule has 0 aliphatic carbocycles. The molecule has 0 fully saturated rings. The predicted molar refractivity (Wildman–Crippen MR) is 81.2 cm³/mol. The van der Waals surface area contributed by atoms with Crippen molar-refractivity contribution >= 4 is 21.9 Å². The number of hydrogen-bond acceptors (Lipinski definition) is 2. The van der Waals surface area contributed by atoms with Crippen LogP contribution in [0.25, 0.3) is 0 Å². The topological polar surface area (TPSA) is 40.5 Å². The molecule has 1 aromatic carbocycles. The Morgan fingerprint density at radius 2 is 2.05 bits per heavy atom. The van der Waals surface area contributed by atoms with Crippen molar-refractivity contribution in [1.29, 1.82) is 0 Å². The van der Waals surface area contributed by atoms with Gasteiger partial charge in [0.25, 0.3) is 0 Å². The van der Waals surface area contributed by atoms with Crippen LogP contribution in [0.4, 0.5) is 4.39 Å². The summed E-state index contributed by atoms with van der Waals surface area (Å²) in [6.07, 6.45) is 0.0389. The molecular weight excluding hydrogens is 325 g/mol. The van der Waals surface area contributed by atoms with E-state index in [1.165, 1.54) is 6.07 Å². The molecule has 3 nitrogen and oxygen atoms in total. The second kappa shape index (κ2) is 6.68. The normalized spacial score (nSPS) is 13.6. The monoisotopic (exact) mass is 345 g/mol. The van der Waals surface area contributed by atoms with Crippen LogP contribution < -0.4 is 0 Å². The summed E-state index contributed by atoms with van der Waals surface area (Å²) in [4.78, 5) is 12.8. The van der Waals surface area contributed by atoms with Crippen molar-refractivity contribution in [2.24, 2.45) is 0 Å². The predicted octanol–water partition coefficient (Wildman–Crippen LogP) is 4.22. The Morgan fingerprint density at radius 1 is 1.45 bits per heavy atom. The Balaban J connectivity index is 3.06. The highest BCUT2D eigenvalue weighted by Gasteiger charge is 2.29. The quantitative estimate of drug-likeness (QED) is 0.868. The van der Waals surface area contributed by atoms with Gasteiger partial charge in [0.2, 0.25) is 0 Å². The molecule has 5 heteroatoms. The first-order chi connectivity index (χ1) is 9.12. The minimum absolute atomic E-state index is 0.0389. The molecule has 1 unspecified atom stereocenters. The van der Waals surface area contributed by atoms with Crippen LogP contribution >= 0.6 is 15.9 Å². The number of nitrogens with zero attached hydrogens (tertiary/aromatic N) is 1. The van der Waals surface area contributed by atoms with Gasteiger partial charge in [-0.3, -0.25) is 9.69 Å². The highest BCUT2D eigenvalue weighted by Crippen LogP contribution is 2.31. The van der Waals surface area contributed by atoms with Gasteiger partial charge in [-0.25, -0.2) is 4.39 Å². The summed E-state index contributed by atoms with van der Waals surface area (Å²) in [5, 5.41) is 8.87. The number of carbonyl (C=O) groups is 1. The second-order valence-corrected chi connectivity index (χ2v) is 6.77. The maximum atomic E-state index is 14.0. The smallest absolute Gasteiger partial charge is 0.304 e. The van der Waals surface area contributed by atoms with Crippen molar-refractivity contribution < 1.29 is 14.3 Å². The third-order valence-corrected chi connectivity index (χ3v) is 3.80. The maximum Gasteiger partial charge on any atom is 0.304 e. The van der Waals surface area contributed by atoms with Crippen molar-refractivity contribution in [3.05, 3.63) is 34.1 Å². The van der Waals surface area contributed by atoms with E-state index in [0.29, 0.717) is 12.1 Å². The minimum atomic E-state index is -0.846. The third-order valence-electron chi connectivity index (χ3n) is 3.30. The number of carboxylic acid groups (broad SMARTS) is 1. The lowest BCUT2D eigenvalue weighted by molar-refractivity contribution is -0.137. The molecule has 0 aliphatic heterocycles. The molecule has 0 bridgehead atoms. The third kappa shape index (κ3) is 4.56. The van der Waals surface area contributed by atoms with E-state index in [1.54, 1.807) is 12.1 Å². The Labute approximate surface area is 127 Å². The van der Waals surface area contributed by atoms with Gasteiger partial charge in [0.15, 0.2) is 0 Å². The van der Waals surface area contributed by atoms with Crippen LogP contribution in [0.1, 0.15) is 45.7 Å². The summed E-state index contributed by atoms with van der Waals surface area (Å²) in [5.41, 5.74) is 0.323. The van der Waals surface area contributed by atoms with Gasteiger partial charge in [-0.2, -0.15) is 0 Å². The molecule has 0 saturated carbocycles. The Kier molecular flexibility index (Phi) is 5.71. The van der Waals surface area contributed by atoms with Gasteiger partial charge in [0.1, 0.15) is 5.82 Å². The lowest BCUT2D eigenvalue weighted by atomic mass is 9.98. The van der Waals surface area contributed by atoms with Crippen LogP contribution in [0.15, 0.2) is 22.7 Å². The first kappa shape index (κ1) is 17.1. The van der Waals surface area contributed by atoms with Gasteiger partial charge in [-0.15, -0.1) is 0 Å². The molecule has 0 saturated heterocycles. The Bertz CT molecular complexity index is 485. The van der Waals surface area contributed by atoms with Crippen molar-refractivity contribution in [2.75, 3.05) is 6.54 Å².